The quantitative estimate of drug-likeness (QED) is 0.922. The van der Waals surface area contributed by atoms with E-state index in [0.29, 0.717) is 23.5 Å². The second kappa shape index (κ2) is 7.11. The van der Waals surface area contributed by atoms with Crippen LogP contribution in [0.15, 0.2) is 24.3 Å². The van der Waals surface area contributed by atoms with Gasteiger partial charge >= 0.3 is 0 Å². The van der Waals surface area contributed by atoms with Crippen LogP contribution < -0.4 is 5.32 Å². The molecular weight excluding hydrogens is 312 g/mol. The van der Waals surface area contributed by atoms with E-state index in [9.17, 15) is 13.6 Å². The number of hydrogen-bond donors (Lipinski definition) is 1. The van der Waals surface area contributed by atoms with Gasteiger partial charge in [0, 0.05) is 18.2 Å². The molecule has 1 N–H and O–H groups in total. The average Bonchev–Trinajstić information content (AvgIpc) is 3.03. The molecule has 24 heavy (non-hydrogen) atoms. The van der Waals surface area contributed by atoms with Crippen LogP contribution in [0.4, 0.5) is 8.78 Å². The number of halogens is 2. The third kappa shape index (κ3) is 3.47. The van der Waals surface area contributed by atoms with Gasteiger partial charge < -0.3 is 5.32 Å². The van der Waals surface area contributed by atoms with E-state index in [1.165, 1.54) is 12.5 Å². The minimum atomic E-state index is -0.912. The third-order valence-electron chi connectivity index (χ3n) is 4.47. The van der Waals surface area contributed by atoms with Crippen molar-refractivity contribution in [1.29, 1.82) is 0 Å². The lowest BCUT2D eigenvalue weighted by atomic mass is 9.95. The Morgan fingerprint density at radius 3 is 2.62 bits per heavy atom. The summed E-state index contributed by atoms with van der Waals surface area (Å²) < 4.78 is 28.2. The lowest BCUT2D eigenvalue weighted by molar-refractivity contribution is 0.0922. The molecular formula is C18H21F2N3O. The normalized spacial score (nSPS) is 15.5. The second-order valence-electron chi connectivity index (χ2n) is 6.17. The van der Waals surface area contributed by atoms with E-state index in [1.54, 1.807) is 10.7 Å². The van der Waals surface area contributed by atoms with Crippen molar-refractivity contribution in [3.05, 3.63) is 41.6 Å². The Labute approximate surface area is 139 Å². The van der Waals surface area contributed by atoms with Crippen molar-refractivity contribution in [3.63, 3.8) is 0 Å². The highest BCUT2D eigenvalue weighted by Crippen LogP contribution is 2.23. The summed E-state index contributed by atoms with van der Waals surface area (Å²) in [6.45, 7) is 2.42. The van der Waals surface area contributed by atoms with Crippen molar-refractivity contribution in [3.8, 4) is 11.3 Å². The van der Waals surface area contributed by atoms with Gasteiger partial charge in [0.05, 0.1) is 5.69 Å². The molecule has 1 aromatic heterocycles. The molecule has 0 unspecified atom stereocenters. The number of nitrogens with one attached hydrogen (secondary N) is 1. The minimum absolute atomic E-state index is 0.199. The number of rotatable bonds is 4. The van der Waals surface area contributed by atoms with Gasteiger partial charge in [-0.25, -0.2) is 8.78 Å². The molecule has 1 heterocycles. The molecule has 0 atom stereocenters. The van der Waals surface area contributed by atoms with Gasteiger partial charge in [-0.15, -0.1) is 0 Å². The number of hydrogen-bond acceptors (Lipinski definition) is 2. The Morgan fingerprint density at radius 1 is 1.21 bits per heavy atom. The first-order chi connectivity index (χ1) is 11.6. The molecule has 0 saturated heterocycles. The third-order valence-corrected chi connectivity index (χ3v) is 4.47. The first kappa shape index (κ1) is 16.6. The maximum Gasteiger partial charge on any atom is 0.272 e. The summed E-state index contributed by atoms with van der Waals surface area (Å²) in [6, 6.07) is 5.53. The number of nitrogens with zero attached hydrogens (tertiary/aromatic N) is 2. The fourth-order valence-electron chi connectivity index (χ4n) is 3.16. The van der Waals surface area contributed by atoms with Gasteiger partial charge in [0.2, 0.25) is 0 Å². The van der Waals surface area contributed by atoms with Gasteiger partial charge in [-0.05, 0) is 44.0 Å². The monoisotopic (exact) mass is 333 g/mol. The summed E-state index contributed by atoms with van der Waals surface area (Å²) in [4.78, 5) is 12.4. The molecule has 128 valence electrons. The summed E-state index contributed by atoms with van der Waals surface area (Å²) in [6.07, 6.45) is 5.48. The largest absolute Gasteiger partial charge is 0.348 e. The van der Waals surface area contributed by atoms with Crippen LogP contribution in [0.5, 0.6) is 0 Å². The van der Waals surface area contributed by atoms with Crippen LogP contribution >= 0.6 is 0 Å². The predicted molar refractivity (Wildman–Crippen MR) is 87.6 cm³/mol. The van der Waals surface area contributed by atoms with Gasteiger partial charge in [0.15, 0.2) is 17.3 Å². The zero-order chi connectivity index (χ0) is 17.1. The first-order valence-electron chi connectivity index (χ1n) is 8.42. The number of amides is 1. The number of carbonyl (C=O) groups is 1. The maximum atomic E-state index is 13.5. The molecule has 0 aliphatic heterocycles. The molecule has 1 amide bonds. The first-order valence-corrected chi connectivity index (χ1v) is 8.42. The van der Waals surface area contributed by atoms with Crippen molar-refractivity contribution >= 4 is 5.91 Å². The van der Waals surface area contributed by atoms with Crippen LogP contribution in [0, 0.1) is 11.6 Å². The van der Waals surface area contributed by atoms with Gasteiger partial charge in [0.1, 0.15) is 0 Å². The van der Waals surface area contributed by atoms with Gasteiger partial charge in [0.25, 0.3) is 5.91 Å². The van der Waals surface area contributed by atoms with Gasteiger partial charge in [-0.1, -0.05) is 19.3 Å². The summed E-state index contributed by atoms with van der Waals surface area (Å²) in [5.41, 5.74) is 1.41. The summed E-state index contributed by atoms with van der Waals surface area (Å²) in [5.74, 6) is -2.01. The van der Waals surface area contributed by atoms with Crippen LogP contribution in [0.3, 0.4) is 0 Å². The Bertz CT molecular complexity index is 736. The molecule has 0 bridgehead atoms. The molecule has 0 spiro atoms. The van der Waals surface area contributed by atoms with E-state index in [2.05, 4.69) is 10.4 Å². The predicted octanol–water partition coefficient (Wildman–Crippen LogP) is 3.91. The Morgan fingerprint density at radius 2 is 1.96 bits per heavy atom. The molecule has 1 aromatic carbocycles. The molecule has 3 rings (SSSR count). The molecule has 2 aromatic rings. The lowest BCUT2D eigenvalue weighted by Gasteiger charge is -2.22. The zero-order valence-corrected chi connectivity index (χ0v) is 13.7. The highest BCUT2D eigenvalue weighted by atomic mass is 19.2. The number of benzene rings is 1. The topological polar surface area (TPSA) is 46.9 Å². The van der Waals surface area contributed by atoms with E-state index in [1.807, 2.05) is 6.92 Å². The number of aryl methyl sites for hydroxylation is 1. The standard InChI is InChI=1S/C18H21F2N3O/c1-2-23-17(12-8-9-14(19)15(20)10-12)11-16(22-23)18(24)21-13-6-4-3-5-7-13/h8-11,13H,2-7H2,1H3,(H,21,24). The Kier molecular flexibility index (Phi) is 4.92. The van der Waals surface area contributed by atoms with Crippen LogP contribution in [-0.4, -0.2) is 21.7 Å². The molecule has 1 saturated carbocycles. The molecule has 4 nitrogen and oxygen atoms in total. The van der Waals surface area contributed by atoms with Crippen molar-refractivity contribution in [2.24, 2.45) is 0 Å². The van der Waals surface area contributed by atoms with Gasteiger partial charge in [-0.2, -0.15) is 5.10 Å². The smallest absolute Gasteiger partial charge is 0.272 e. The van der Waals surface area contributed by atoms with Crippen molar-refractivity contribution < 1.29 is 13.6 Å². The molecule has 1 aliphatic carbocycles. The molecule has 1 fully saturated rings. The SMILES string of the molecule is CCn1nc(C(=O)NC2CCCCC2)cc1-c1ccc(F)c(F)c1. The van der Waals surface area contributed by atoms with Crippen LogP contribution in [0.25, 0.3) is 11.3 Å². The van der Waals surface area contributed by atoms with E-state index in [0.717, 1.165) is 37.8 Å². The van der Waals surface area contributed by atoms with E-state index in [-0.39, 0.29) is 11.9 Å². The fourth-order valence-corrected chi connectivity index (χ4v) is 3.16. The molecule has 0 radical (unpaired) electrons. The molecule has 1 aliphatic rings. The Hall–Kier alpha value is -2.24. The summed E-state index contributed by atoms with van der Waals surface area (Å²) >= 11 is 0. The van der Waals surface area contributed by atoms with E-state index < -0.39 is 11.6 Å². The van der Waals surface area contributed by atoms with Crippen LogP contribution in [0.1, 0.15) is 49.5 Å². The molecule has 6 heteroatoms. The van der Waals surface area contributed by atoms with Crippen molar-refractivity contribution in [2.75, 3.05) is 0 Å². The highest BCUT2D eigenvalue weighted by molar-refractivity contribution is 5.93. The summed E-state index contributed by atoms with van der Waals surface area (Å²) in [5, 5.41) is 7.33. The number of carbonyl (C=O) groups excluding carboxylic acids is 1. The fraction of sp³-hybridized carbons (Fsp3) is 0.444. The zero-order valence-electron chi connectivity index (χ0n) is 13.7. The highest BCUT2D eigenvalue weighted by Gasteiger charge is 2.20. The second-order valence-corrected chi connectivity index (χ2v) is 6.17. The lowest BCUT2D eigenvalue weighted by Crippen LogP contribution is -2.36. The van der Waals surface area contributed by atoms with Crippen molar-refractivity contribution in [2.45, 2.75) is 51.6 Å². The van der Waals surface area contributed by atoms with Crippen LogP contribution in [-0.2, 0) is 6.54 Å². The minimum Gasteiger partial charge on any atom is -0.348 e. The van der Waals surface area contributed by atoms with E-state index in [4.69, 9.17) is 0 Å². The maximum absolute atomic E-state index is 13.5. The van der Waals surface area contributed by atoms with Gasteiger partial charge in [-0.3, -0.25) is 9.48 Å². The average molecular weight is 333 g/mol. The van der Waals surface area contributed by atoms with Crippen molar-refractivity contribution in [1.82, 2.24) is 15.1 Å². The summed E-state index contributed by atoms with van der Waals surface area (Å²) in [7, 11) is 0. The van der Waals surface area contributed by atoms with E-state index >= 15 is 0 Å². The number of aromatic nitrogens is 2. The van der Waals surface area contributed by atoms with Crippen LogP contribution in [0.2, 0.25) is 0 Å². The Balaban J connectivity index is 1.83.